The maximum absolute atomic E-state index is 14.5. The average molecular weight is 846 g/mol. The number of fused-ring (bicyclic) bond motifs is 1. The molecule has 0 radical (unpaired) electrons. The highest BCUT2D eigenvalue weighted by Crippen LogP contribution is 2.25. The molecule has 3 rings (SSSR count). The molecule has 0 saturated carbocycles. The molecule has 1 aromatic rings. The fourth-order valence-corrected chi connectivity index (χ4v) is 7.45. The zero-order chi connectivity index (χ0) is 45.1. The van der Waals surface area contributed by atoms with Gasteiger partial charge in [-0.15, -0.1) is 0 Å². The van der Waals surface area contributed by atoms with Crippen molar-refractivity contribution in [1.29, 1.82) is 0 Å². The number of alkyl carbamates (subject to hydrolysis) is 1. The number of likely N-dealkylation sites (N-methyl/N-ethyl adjacent to an activating group) is 1. The van der Waals surface area contributed by atoms with Gasteiger partial charge in [-0.3, -0.25) is 19.2 Å². The van der Waals surface area contributed by atoms with Gasteiger partial charge in [-0.25, -0.2) is 9.59 Å². The molecule has 2 aliphatic rings. The zero-order valence-corrected chi connectivity index (χ0v) is 37.7. The smallest absolute Gasteiger partial charge is 0.408 e. The lowest BCUT2D eigenvalue weighted by atomic mass is 9.92. The highest BCUT2D eigenvalue weighted by Gasteiger charge is 2.43. The minimum absolute atomic E-state index is 0.0131. The summed E-state index contributed by atoms with van der Waals surface area (Å²) in [6.07, 6.45) is -2.93. The lowest BCUT2D eigenvalue weighted by Gasteiger charge is -2.35. The van der Waals surface area contributed by atoms with Crippen LogP contribution in [0.4, 0.5) is 4.79 Å². The highest BCUT2D eigenvalue weighted by molar-refractivity contribution is 5.93. The number of rotatable bonds is 9. The third kappa shape index (κ3) is 14.3. The van der Waals surface area contributed by atoms with E-state index in [0.29, 0.717) is 43.5 Å². The van der Waals surface area contributed by atoms with E-state index >= 15 is 0 Å². The summed E-state index contributed by atoms with van der Waals surface area (Å²) in [5.74, 6) is -2.94. The molecule has 60 heavy (non-hydrogen) atoms. The van der Waals surface area contributed by atoms with E-state index in [1.54, 1.807) is 56.9 Å². The number of hydrogen-bond acceptors (Lipinski definition) is 12. The number of benzene rings is 1. The summed E-state index contributed by atoms with van der Waals surface area (Å²) >= 11 is 0. The van der Waals surface area contributed by atoms with Crippen LogP contribution in [-0.2, 0) is 44.6 Å². The highest BCUT2D eigenvalue weighted by atomic mass is 16.6. The van der Waals surface area contributed by atoms with Crippen molar-refractivity contribution in [2.75, 3.05) is 27.2 Å². The van der Waals surface area contributed by atoms with Gasteiger partial charge in [0.25, 0.3) is 0 Å². The summed E-state index contributed by atoms with van der Waals surface area (Å²) in [4.78, 5) is 87.1. The first-order valence-electron chi connectivity index (χ1n) is 21.4. The number of cyclic esters (lactones) is 2. The van der Waals surface area contributed by atoms with Gasteiger partial charge in [0.2, 0.25) is 17.7 Å². The third-order valence-electron chi connectivity index (χ3n) is 11.2. The molecule has 0 spiro atoms. The molecule has 0 aliphatic carbocycles. The Kier molecular flexibility index (Phi) is 18.6. The Morgan fingerprint density at radius 2 is 1.67 bits per heavy atom. The maximum atomic E-state index is 14.5. The van der Waals surface area contributed by atoms with Crippen LogP contribution in [0.15, 0.2) is 24.3 Å². The van der Waals surface area contributed by atoms with Gasteiger partial charge < -0.3 is 49.8 Å². The van der Waals surface area contributed by atoms with Gasteiger partial charge in [0.1, 0.15) is 41.7 Å². The van der Waals surface area contributed by atoms with Gasteiger partial charge >= 0.3 is 18.0 Å². The Morgan fingerprint density at radius 3 is 2.23 bits per heavy atom. The Morgan fingerprint density at radius 1 is 1.02 bits per heavy atom. The van der Waals surface area contributed by atoms with E-state index in [1.807, 2.05) is 34.6 Å². The number of carbonyl (C=O) groups is 6. The van der Waals surface area contributed by atoms with Crippen LogP contribution in [0.25, 0.3) is 0 Å². The van der Waals surface area contributed by atoms with E-state index in [9.17, 15) is 33.9 Å². The van der Waals surface area contributed by atoms with E-state index < -0.39 is 90.4 Å². The summed E-state index contributed by atoms with van der Waals surface area (Å²) in [6, 6.07) is 1.66. The van der Waals surface area contributed by atoms with Crippen LogP contribution in [0.5, 0.6) is 5.75 Å². The molecule has 1 aromatic carbocycles. The topological polar surface area (TPSA) is 202 Å². The molecule has 0 unspecified atom stereocenters. The second-order valence-corrected chi connectivity index (χ2v) is 18.0. The first-order valence-corrected chi connectivity index (χ1v) is 21.4. The lowest BCUT2D eigenvalue weighted by Crippen LogP contribution is -2.59. The number of carbonyl (C=O) groups excluding carboxylic acids is 6. The van der Waals surface area contributed by atoms with Crippen LogP contribution in [0.2, 0.25) is 0 Å². The summed E-state index contributed by atoms with van der Waals surface area (Å²) in [5, 5.41) is 20.2. The maximum Gasteiger partial charge on any atom is 0.408 e. The molecule has 4 amide bonds. The van der Waals surface area contributed by atoms with E-state index in [-0.39, 0.29) is 36.6 Å². The number of hydrogen-bond donors (Lipinski definition) is 4. The van der Waals surface area contributed by atoms with Crippen LogP contribution in [0, 0.1) is 17.8 Å². The molecule has 2 fully saturated rings. The van der Waals surface area contributed by atoms with Crippen LogP contribution in [-0.4, -0.2) is 132 Å². The minimum Gasteiger partial charge on any atom is -0.497 e. The van der Waals surface area contributed by atoms with Gasteiger partial charge in [0.05, 0.1) is 31.7 Å². The van der Waals surface area contributed by atoms with Gasteiger partial charge in [-0.2, -0.15) is 0 Å². The fraction of sp³-hybridized carbons (Fsp3) is 0.727. The predicted molar refractivity (Wildman–Crippen MR) is 225 cm³/mol. The van der Waals surface area contributed by atoms with Crippen LogP contribution >= 0.6 is 0 Å². The summed E-state index contributed by atoms with van der Waals surface area (Å²) < 4.78 is 22.7. The molecule has 16 nitrogen and oxygen atoms in total. The van der Waals surface area contributed by atoms with Crippen molar-refractivity contribution < 1.29 is 52.8 Å². The standard InChI is InChI=1S/C44H71N5O11/c1-13-27(6)37-34(50)23-36(51)59-35(26(4)5)24-45-31(21-25(2)3)40(53)49-20-14-15-32(49)41(54)48(11)33(22-29-16-18-30(57-12)19-17-29)42(55)58-28(7)38(39(52)46-37)47-43(56)60-44(8,9)10/h16-19,25-28,31-35,37-38,45,50H,13-15,20-24H2,1-12H3,(H,46,52)(H,47,56)/t27-,28+,31-,32-,33-,34-,35+,37+,38-/m0/s1. The van der Waals surface area contributed by atoms with E-state index in [4.69, 9.17) is 18.9 Å². The SMILES string of the molecule is CC[C@H](C)[C@H]1NC(=O)[C@@H](NC(=O)OC(C)(C)C)[C@@H](C)OC(=O)[C@H](Cc2ccc(OC)cc2)N(C)C(=O)[C@@H]2CCCN2C(=O)[C@H](CC(C)C)NC[C@H](C(C)C)OC(=O)C[C@@H]1O. The predicted octanol–water partition coefficient (Wildman–Crippen LogP) is 3.75. The first-order chi connectivity index (χ1) is 28.1. The number of nitrogens with one attached hydrogen (secondary N) is 3. The number of esters is 2. The largest absolute Gasteiger partial charge is 0.497 e. The molecular weight excluding hydrogens is 775 g/mol. The molecule has 338 valence electrons. The molecule has 2 saturated heterocycles. The number of ether oxygens (including phenoxy) is 4. The van der Waals surface area contributed by atoms with Crippen LogP contribution in [0.1, 0.15) is 107 Å². The molecule has 9 atom stereocenters. The van der Waals surface area contributed by atoms with Crippen molar-refractivity contribution in [3.8, 4) is 5.75 Å². The molecule has 16 heteroatoms. The molecule has 2 heterocycles. The fourth-order valence-electron chi connectivity index (χ4n) is 7.45. The van der Waals surface area contributed by atoms with Crippen molar-refractivity contribution in [3.05, 3.63) is 29.8 Å². The summed E-state index contributed by atoms with van der Waals surface area (Å²) in [7, 11) is 3.03. The van der Waals surface area contributed by atoms with Gasteiger partial charge in [-0.05, 0) is 82.4 Å². The van der Waals surface area contributed by atoms with Crippen molar-refractivity contribution in [2.45, 2.75) is 162 Å². The van der Waals surface area contributed by atoms with Gasteiger partial charge in [0.15, 0.2) is 0 Å². The second-order valence-electron chi connectivity index (χ2n) is 18.0. The monoisotopic (exact) mass is 846 g/mol. The van der Waals surface area contributed by atoms with Crippen molar-refractivity contribution in [3.63, 3.8) is 0 Å². The van der Waals surface area contributed by atoms with Crippen LogP contribution < -0.4 is 20.7 Å². The molecular formula is C44H71N5O11. The molecule has 2 aliphatic heterocycles. The van der Waals surface area contributed by atoms with E-state index in [2.05, 4.69) is 16.0 Å². The van der Waals surface area contributed by atoms with Crippen molar-refractivity contribution >= 4 is 35.8 Å². The number of aliphatic hydroxyl groups is 1. The zero-order valence-electron chi connectivity index (χ0n) is 37.7. The molecule has 0 bridgehead atoms. The average Bonchev–Trinajstić information content (AvgIpc) is 3.66. The second kappa shape index (κ2) is 22.4. The van der Waals surface area contributed by atoms with E-state index in [1.165, 1.54) is 26.0 Å². The summed E-state index contributed by atoms with van der Waals surface area (Å²) in [5.41, 5.74) is -0.262. The van der Waals surface area contributed by atoms with Gasteiger partial charge in [-0.1, -0.05) is 60.1 Å². The van der Waals surface area contributed by atoms with Crippen molar-refractivity contribution in [1.82, 2.24) is 25.8 Å². The number of amides is 4. The molecule has 0 aromatic heterocycles. The number of nitrogens with zero attached hydrogens (tertiary/aromatic N) is 2. The molecule has 4 N–H and O–H groups in total. The Labute approximate surface area is 356 Å². The Hall–Kier alpha value is -4.44. The van der Waals surface area contributed by atoms with Gasteiger partial charge in [0, 0.05) is 26.6 Å². The van der Waals surface area contributed by atoms with E-state index in [0.717, 1.165) is 0 Å². The third-order valence-corrected chi connectivity index (χ3v) is 11.2. The Bertz CT molecular complexity index is 1610. The summed E-state index contributed by atoms with van der Waals surface area (Å²) in [6.45, 7) is 18.3. The Balaban J connectivity index is 2.16. The normalized spacial score (nSPS) is 27.7. The van der Waals surface area contributed by atoms with Crippen molar-refractivity contribution in [2.24, 2.45) is 17.8 Å². The number of aliphatic hydroxyl groups excluding tert-OH is 1. The minimum atomic E-state index is -1.54. The quantitative estimate of drug-likeness (QED) is 0.208. The van der Waals surface area contributed by atoms with Crippen LogP contribution in [0.3, 0.4) is 0 Å². The lowest BCUT2D eigenvalue weighted by molar-refractivity contribution is -0.162. The first kappa shape index (κ1) is 49.9. The number of methoxy groups -OCH3 is 1.